The Labute approximate surface area is 153 Å². The molecule has 2 rings (SSSR count). The second kappa shape index (κ2) is 8.01. The van der Waals surface area contributed by atoms with E-state index < -0.39 is 42.3 Å². The van der Waals surface area contributed by atoms with Gasteiger partial charge in [0.05, 0.1) is 12.0 Å². The first-order chi connectivity index (χ1) is 12.2. The van der Waals surface area contributed by atoms with Gasteiger partial charge in [0.15, 0.2) is 0 Å². The SMILES string of the molecule is C=C1C(=O)O[C@@H]2/C=C(\C)[C@H](O)C/C=C(/C)[C@H](O)[C@H](OC(=O)/C(C)=C\C)[C@@H]12. The normalized spacial score (nSPS) is 37.0. The summed E-state index contributed by atoms with van der Waals surface area (Å²) in [5, 5.41) is 21.0. The second-order valence-electron chi connectivity index (χ2n) is 6.82. The molecule has 0 spiro atoms. The van der Waals surface area contributed by atoms with Gasteiger partial charge in [-0.2, -0.15) is 0 Å². The molecule has 1 heterocycles. The molecule has 0 bridgehead atoms. The molecule has 26 heavy (non-hydrogen) atoms. The van der Waals surface area contributed by atoms with Crippen LogP contribution in [0.1, 0.15) is 34.1 Å². The molecule has 5 atom stereocenters. The van der Waals surface area contributed by atoms with E-state index in [1.54, 1.807) is 45.9 Å². The molecule has 0 amide bonds. The van der Waals surface area contributed by atoms with E-state index in [1.165, 1.54) is 0 Å². The Kier molecular flexibility index (Phi) is 6.21. The molecule has 2 N–H and O–H groups in total. The molecule has 1 aliphatic carbocycles. The Morgan fingerprint density at radius 1 is 1.35 bits per heavy atom. The van der Waals surface area contributed by atoms with Crippen LogP contribution < -0.4 is 0 Å². The number of aliphatic hydroxyl groups excluding tert-OH is 2. The average molecular weight is 362 g/mol. The lowest BCUT2D eigenvalue weighted by Gasteiger charge is -2.31. The molecule has 6 nitrogen and oxygen atoms in total. The summed E-state index contributed by atoms with van der Waals surface area (Å²) in [6, 6.07) is 0. The molecule has 1 fully saturated rings. The van der Waals surface area contributed by atoms with Gasteiger partial charge < -0.3 is 19.7 Å². The van der Waals surface area contributed by atoms with Crippen LogP contribution in [0, 0.1) is 5.92 Å². The highest BCUT2D eigenvalue weighted by molar-refractivity contribution is 5.92. The number of esters is 2. The minimum absolute atomic E-state index is 0.136. The minimum atomic E-state index is -1.15. The Morgan fingerprint density at radius 3 is 2.62 bits per heavy atom. The highest BCUT2D eigenvalue weighted by Gasteiger charge is 2.47. The smallest absolute Gasteiger partial charge is 0.334 e. The first-order valence-electron chi connectivity index (χ1n) is 8.62. The fourth-order valence-corrected chi connectivity index (χ4v) is 3.03. The Bertz CT molecular complexity index is 699. The van der Waals surface area contributed by atoms with Gasteiger partial charge in [-0.05, 0) is 51.3 Å². The lowest BCUT2D eigenvalue weighted by atomic mass is 9.83. The summed E-state index contributed by atoms with van der Waals surface area (Å²) in [6.45, 7) is 10.5. The molecule has 0 saturated carbocycles. The monoisotopic (exact) mass is 362 g/mol. The fourth-order valence-electron chi connectivity index (χ4n) is 3.03. The van der Waals surface area contributed by atoms with E-state index in [1.807, 2.05) is 0 Å². The van der Waals surface area contributed by atoms with Crippen molar-refractivity contribution in [3.63, 3.8) is 0 Å². The average Bonchev–Trinajstić information content (AvgIpc) is 2.88. The van der Waals surface area contributed by atoms with E-state index in [2.05, 4.69) is 6.58 Å². The van der Waals surface area contributed by atoms with Gasteiger partial charge in [0.2, 0.25) is 0 Å². The highest BCUT2D eigenvalue weighted by Crippen LogP contribution is 2.36. The van der Waals surface area contributed by atoms with E-state index in [0.717, 1.165) is 0 Å². The summed E-state index contributed by atoms with van der Waals surface area (Å²) in [5.41, 5.74) is 1.71. The van der Waals surface area contributed by atoms with Gasteiger partial charge in [-0.3, -0.25) is 0 Å². The number of fused-ring (bicyclic) bond motifs is 1. The van der Waals surface area contributed by atoms with E-state index in [0.29, 0.717) is 23.1 Å². The van der Waals surface area contributed by atoms with Gasteiger partial charge >= 0.3 is 11.9 Å². The highest BCUT2D eigenvalue weighted by atomic mass is 16.6. The van der Waals surface area contributed by atoms with Crippen LogP contribution in [0.2, 0.25) is 0 Å². The van der Waals surface area contributed by atoms with Crippen LogP contribution in [0.15, 0.2) is 47.1 Å². The first kappa shape index (κ1) is 20.1. The molecule has 0 aromatic carbocycles. The molecule has 1 saturated heterocycles. The molecular formula is C20H26O6. The number of ether oxygens (including phenoxy) is 2. The third-order valence-electron chi connectivity index (χ3n) is 5.01. The van der Waals surface area contributed by atoms with Crippen molar-refractivity contribution in [2.75, 3.05) is 0 Å². The van der Waals surface area contributed by atoms with Crippen molar-refractivity contribution in [1.29, 1.82) is 0 Å². The van der Waals surface area contributed by atoms with Gasteiger partial charge in [0.25, 0.3) is 0 Å². The van der Waals surface area contributed by atoms with Crippen molar-refractivity contribution < 1.29 is 29.3 Å². The molecule has 0 unspecified atom stereocenters. The van der Waals surface area contributed by atoms with Gasteiger partial charge in [-0.1, -0.05) is 18.7 Å². The Morgan fingerprint density at radius 2 is 2.00 bits per heavy atom. The van der Waals surface area contributed by atoms with Crippen LogP contribution in [0.4, 0.5) is 0 Å². The number of carbonyl (C=O) groups excluding carboxylic acids is 2. The Hall–Kier alpha value is -2.18. The zero-order chi connectivity index (χ0) is 19.6. The van der Waals surface area contributed by atoms with Crippen LogP contribution in [0.5, 0.6) is 0 Å². The van der Waals surface area contributed by atoms with Gasteiger partial charge in [0, 0.05) is 11.1 Å². The maximum absolute atomic E-state index is 12.3. The van der Waals surface area contributed by atoms with E-state index in [-0.39, 0.29) is 5.57 Å². The lowest BCUT2D eigenvalue weighted by molar-refractivity contribution is -0.153. The molecule has 142 valence electrons. The maximum Gasteiger partial charge on any atom is 0.334 e. The Balaban J connectivity index is 2.51. The summed E-state index contributed by atoms with van der Waals surface area (Å²) in [4.78, 5) is 24.4. The minimum Gasteiger partial charge on any atom is -0.455 e. The number of aliphatic hydroxyl groups is 2. The number of carbonyl (C=O) groups is 2. The molecule has 2 aliphatic rings. The van der Waals surface area contributed by atoms with Crippen LogP contribution in [-0.4, -0.2) is 46.6 Å². The van der Waals surface area contributed by atoms with Crippen LogP contribution in [-0.2, 0) is 19.1 Å². The van der Waals surface area contributed by atoms with E-state index in [9.17, 15) is 19.8 Å². The van der Waals surface area contributed by atoms with E-state index >= 15 is 0 Å². The van der Waals surface area contributed by atoms with Crippen LogP contribution in [0.3, 0.4) is 0 Å². The number of allylic oxidation sites excluding steroid dienone is 1. The summed E-state index contributed by atoms with van der Waals surface area (Å²) < 4.78 is 10.9. The van der Waals surface area contributed by atoms with Crippen molar-refractivity contribution in [2.45, 2.75) is 58.5 Å². The maximum atomic E-state index is 12.3. The molecule has 0 aromatic rings. The molecule has 0 radical (unpaired) electrons. The molecule has 0 aromatic heterocycles. The van der Waals surface area contributed by atoms with Crippen molar-refractivity contribution in [3.8, 4) is 0 Å². The predicted molar refractivity (Wildman–Crippen MR) is 96.0 cm³/mol. The topological polar surface area (TPSA) is 93.1 Å². The lowest BCUT2D eigenvalue weighted by Crippen LogP contribution is -2.42. The third-order valence-corrected chi connectivity index (χ3v) is 5.01. The summed E-state index contributed by atoms with van der Waals surface area (Å²) in [5.74, 6) is -1.92. The third kappa shape index (κ3) is 3.97. The number of rotatable bonds is 2. The first-order valence-corrected chi connectivity index (χ1v) is 8.62. The quantitative estimate of drug-likeness (QED) is 0.443. The number of hydrogen-bond donors (Lipinski definition) is 2. The van der Waals surface area contributed by atoms with Crippen molar-refractivity contribution in [3.05, 3.63) is 47.1 Å². The van der Waals surface area contributed by atoms with Crippen LogP contribution in [0.25, 0.3) is 0 Å². The summed E-state index contributed by atoms with van der Waals surface area (Å²) >= 11 is 0. The van der Waals surface area contributed by atoms with Crippen LogP contribution >= 0.6 is 0 Å². The van der Waals surface area contributed by atoms with Gasteiger partial charge in [0.1, 0.15) is 18.3 Å². The zero-order valence-electron chi connectivity index (χ0n) is 15.6. The number of hydrogen-bond acceptors (Lipinski definition) is 6. The largest absolute Gasteiger partial charge is 0.455 e. The summed E-state index contributed by atoms with van der Waals surface area (Å²) in [6.07, 6.45) is 1.54. The second-order valence-corrected chi connectivity index (χ2v) is 6.82. The molecular weight excluding hydrogens is 336 g/mol. The van der Waals surface area contributed by atoms with Gasteiger partial charge in [-0.15, -0.1) is 0 Å². The fraction of sp³-hybridized carbons (Fsp3) is 0.500. The van der Waals surface area contributed by atoms with Crippen molar-refractivity contribution >= 4 is 11.9 Å². The van der Waals surface area contributed by atoms with Crippen molar-refractivity contribution in [2.24, 2.45) is 5.92 Å². The summed E-state index contributed by atoms with van der Waals surface area (Å²) in [7, 11) is 0. The van der Waals surface area contributed by atoms with E-state index in [4.69, 9.17) is 9.47 Å². The standard InChI is InChI=1S/C20H26O6/c1-6-10(2)19(23)26-18-16-13(5)20(24)25-15(16)9-12(4)14(21)8-7-11(3)17(18)22/h6-7,9,14-18,21-22H,5,8H2,1-4H3/b10-6-,11-7-,12-9+/t14-,15-,16+,17+,18-/m1/s1. The predicted octanol–water partition coefficient (Wildman–Crippen LogP) is 1.98. The molecule has 1 aliphatic heterocycles. The zero-order valence-corrected chi connectivity index (χ0v) is 15.6. The van der Waals surface area contributed by atoms with Gasteiger partial charge in [-0.25, -0.2) is 9.59 Å². The molecule has 6 heteroatoms. The van der Waals surface area contributed by atoms with Crippen molar-refractivity contribution in [1.82, 2.24) is 0 Å².